The van der Waals surface area contributed by atoms with Crippen molar-refractivity contribution in [3.63, 3.8) is 0 Å². The van der Waals surface area contributed by atoms with Crippen LogP contribution < -0.4 is 4.74 Å². The molecule has 0 saturated carbocycles. The molecule has 104 valence electrons. The van der Waals surface area contributed by atoms with Gasteiger partial charge in [-0.2, -0.15) is 0 Å². The van der Waals surface area contributed by atoms with E-state index in [2.05, 4.69) is 5.16 Å². The van der Waals surface area contributed by atoms with Crippen LogP contribution >= 0.6 is 0 Å². The summed E-state index contributed by atoms with van der Waals surface area (Å²) in [6.45, 7) is 1.88. The molecule has 0 heterocycles. The first-order valence-corrected chi connectivity index (χ1v) is 6.35. The molecule has 4 heteroatoms. The molecule has 0 bridgehead atoms. The van der Waals surface area contributed by atoms with Gasteiger partial charge in [-0.15, -0.1) is 0 Å². The number of nitrogens with zero attached hydrogens (tertiary/aromatic N) is 1. The first kappa shape index (κ1) is 14.1. The number of benzene rings is 2. The molecule has 2 N–H and O–H groups in total. The summed E-state index contributed by atoms with van der Waals surface area (Å²) in [6, 6.07) is 16.6. The number of aliphatic hydroxyl groups is 1. The summed E-state index contributed by atoms with van der Waals surface area (Å²) >= 11 is 0. The van der Waals surface area contributed by atoms with Crippen molar-refractivity contribution >= 4 is 5.71 Å². The van der Waals surface area contributed by atoms with E-state index in [1.807, 2.05) is 42.5 Å². The summed E-state index contributed by atoms with van der Waals surface area (Å²) in [6.07, 6.45) is -0.674. The fraction of sp³-hybridized carbons (Fsp3) is 0.188. The lowest BCUT2D eigenvalue weighted by atomic mass is 10.1. The van der Waals surface area contributed by atoms with Gasteiger partial charge in [0.15, 0.2) is 0 Å². The average Bonchev–Trinajstić information content (AvgIpc) is 2.53. The Hall–Kier alpha value is -2.33. The van der Waals surface area contributed by atoms with Crippen LogP contribution in [0.25, 0.3) is 0 Å². The number of hydrogen-bond donors (Lipinski definition) is 2. The van der Waals surface area contributed by atoms with E-state index in [4.69, 9.17) is 9.94 Å². The SMILES string of the molecule is C/C(=N\O)c1cccc(OCC(O)c2ccccc2)c1. The second kappa shape index (κ2) is 6.73. The summed E-state index contributed by atoms with van der Waals surface area (Å²) in [7, 11) is 0. The molecular weight excluding hydrogens is 254 g/mol. The van der Waals surface area contributed by atoms with Crippen molar-refractivity contribution in [2.45, 2.75) is 13.0 Å². The van der Waals surface area contributed by atoms with Crippen LogP contribution in [-0.2, 0) is 0 Å². The Kier molecular flexibility index (Phi) is 4.74. The van der Waals surface area contributed by atoms with Gasteiger partial charge in [0, 0.05) is 5.56 Å². The van der Waals surface area contributed by atoms with Crippen molar-refractivity contribution in [3.05, 3.63) is 65.7 Å². The van der Waals surface area contributed by atoms with Crippen molar-refractivity contribution in [3.8, 4) is 5.75 Å². The summed E-state index contributed by atoms with van der Waals surface area (Å²) in [5.41, 5.74) is 2.11. The van der Waals surface area contributed by atoms with Crippen molar-refractivity contribution < 1.29 is 15.1 Å². The van der Waals surface area contributed by atoms with Gasteiger partial charge in [0.1, 0.15) is 18.5 Å². The van der Waals surface area contributed by atoms with Gasteiger partial charge >= 0.3 is 0 Å². The minimum Gasteiger partial charge on any atom is -0.491 e. The van der Waals surface area contributed by atoms with Gasteiger partial charge in [-0.05, 0) is 24.6 Å². The zero-order valence-electron chi connectivity index (χ0n) is 11.2. The fourth-order valence-electron chi connectivity index (χ4n) is 1.82. The predicted molar refractivity (Wildman–Crippen MR) is 77.3 cm³/mol. The quantitative estimate of drug-likeness (QED) is 0.499. The lowest BCUT2D eigenvalue weighted by Crippen LogP contribution is -2.09. The molecule has 1 unspecified atom stereocenters. The topological polar surface area (TPSA) is 62.1 Å². The highest BCUT2D eigenvalue weighted by Gasteiger charge is 2.08. The zero-order valence-corrected chi connectivity index (χ0v) is 11.2. The Morgan fingerprint density at radius 1 is 1.15 bits per heavy atom. The highest BCUT2D eigenvalue weighted by atomic mass is 16.5. The van der Waals surface area contributed by atoms with Gasteiger partial charge in [-0.3, -0.25) is 0 Å². The third-order valence-corrected chi connectivity index (χ3v) is 2.99. The van der Waals surface area contributed by atoms with Crippen molar-refractivity contribution in [2.24, 2.45) is 5.16 Å². The van der Waals surface area contributed by atoms with Crippen LogP contribution in [0.3, 0.4) is 0 Å². The summed E-state index contributed by atoms with van der Waals surface area (Å²) < 4.78 is 5.57. The van der Waals surface area contributed by atoms with E-state index in [1.165, 1.54) is 0 Å². The molecule has 2 aromatic carbocycles. The average molecular weight is 271 g/mol. The monoisotopic (exact) mass is 271 g/mol. The highest BCUT2D eigenvalue weighted by Crippen LogP contribution is 2.18. The molecule has 0 aliphatic rings. The molecule has 4 nitrogen and oxygen atoms in total. The van der Waals surface area contributed by atoms with E-state index in [0.717, 1.165) is 11.1 Å². The first-order chi connectivity index (χ1) is 9.70. The molecule has 0 fully saturated rings. The minimum absolute atomic E-state index is 0.169. The molecule has 0 aromatic heterocycles. The van der Waals surface area contributed by atoms with E-state index in [0.29, 0.717) is 11.5 Å². The summed E-state index contributed by atoms with van der Waals surface area (Å²) in [4.78, 5) is 0. The van der Waals surface area contributed by atoms with Crippen molar-refractivity contribution in [2.75, 3.05) is 6.61 Å². The first-order valence-electron chi connectivity index (χ1n) is 6.35. The van der Waals surface area contributed by atoms with Gasteiger partial charge in [-0.1, -0.05) is 47.6 Å². The molecule has 20 heavy (non-hydrogen) atoms. The third-order valence-electron chi connectivity index (χ3n) is 2.99. The van der Waals surface area contributed by atoms with Crippen LogP contribution in [0.5, 0.6) is 5.75 Å². The molecule has 0 aliphatic heterocycles. The second-order valence-corrected chi connectivity index (χ2v) is 4.45. The summed E-state index contributed by atoms with van der Waals surface area (Å²) in [5.74, 6) is 0.625. The maximum absolute atomic E-state index is 10.0. The van der Waals surface area contributed by atoms with Crippen LogP contribution in [0.1, 0.15) is 24.2 Å². The number of hydrogen-bond acceptors (Lipinski definition) is 4. The molecule has 0 aliphatic carbocycles. The maximum atomic E-state index is 10.0. The van der Waals surface area contributed by atoms with Gasteiger partial charge < -0.3 is 15.1 Å². The van der Waals surface area contributed by atoms with Crippen LogP contribution in [0.4, 0.5) is 0 Å². The number of ether oxygens (including phenoxy) is 1. The van der Waals surface area contributed by atoms with Crippen LogP contribution in [0.15, 0.2) is 59.8 Å². The molecule has 0 spiro atoms. The molecule has 0 radical (unpaired) electrons. The maximum Gasteiger partial charge on any atom is 0.120 e. The van der Waals surface area contributed by atoms with E-state index >= 15 is 0 Å². The second-order valence-electron chi connectivity index (χ2n) is 4.45. The van der Waals surface area contributed by atoms with Crippen LogP contribution in [0.2, 0.25) is 0 Å². The standard InChI is InChI=1S/C16H17NO3/c1-12(17-19)14-8-5-9-15(10-14)20-11-16(18)13-6-3-2-4-7-13/h2-10,16,18-19H,11H2,1H3/b17-12+. The van der Waals surface area contributed by atoms with E-state index in [-0.39, 0.29) is 6.61 Å². The van der Waals surface area contributed by atoms with Gasteiger partial charge in [0.05, 0.1) is 5.71 Å². The van der Waals surface area contributed by atoms with Crippen LogP contribution in [-0.4, -0.2) is 22.6 Å². The molecule has 0 amide bonds. The van der Waals surface area contributed by atoms with E-state index in [1.54, 1.807) is 19.1 Å². The van der Waals surface area contributed by atoms with Gasteiger partial charge in [0.2, 0.25) is 0 Å². The normalized spacial score (nSPS) is 13.0. The Morgan fingerprint density at radius 3 is 2.60 bits per heavy atom. The fourth-order valence-corrected chi connectivity index (χ4v) is 1.82. The lowest BCUT2D eigenvalue weighted by Gasteiger charge is -2.13. The number of oxime groups is 1. The smallest absolute Gasteiger partial charge is 0.120 e. The molecule has 1 atom stereocenters. The van der Waals surface area contributed by atoms with Crippen LogP contribution in [0, 0.1) is 0 Å². The van der Waals surface area contributed by atoms with Gasteiger partial charge in [0.25, 0.3) is 0 Å². The largest absolute Gasteiger partial charge is 0.491 e. The van der Waals surface area contributed by atoms with Gasteiger partial charge in [-0.25, -0.2) is 0 Å². The summed E-state index contributed by atoms with van der Waals surface area (Å²) in [5, 5.41) is 21.9. The van der Waals surface area contributed by atoms with Crippen molar-refractivity contribution in [1.82, 2.24) is 0 Å². The predicted octanol–water partition coefficient (Wildman–Crippen LogP) is 3.00. The Labute approximate surface area is 117 Å². The molecule has 2 rings (SSSR count). The number of rotatable bonds is 5. The molecule has 0 saturated heterocycles. The molecular formula is C16H17NO3. The molecule has 2 aromatic rings. The van der Waals surface area contributed by atoms with E-state index in [9.17, 15) is 5.11 Å². The Morgan fingerprint density at radius 2 is 1.90 bits per heavy atom. The zero-order chi connectivity index (χ0) is 14.4. The third kappa shape index (κ3) is 3.59. The van der Waals surface area contributed by atoms with E-state index < -0.39 is 6.10 Å². The Balaban J connectivity index is 2.01. The lowest BCUT2D eigenvalue weighted by molar-refractivity contribution is 0.108. The highest BCUT2D eigenvalue weighted by molar-refractivity contribution is 5.98. The van der Waals surface area contributed by atoms with Crippen molar-refractivity contribution in [1.29, 1.82) is 0 Å². The minimum atomic E-state index is -0.674. The Bertz CT molecular complexity index is 581. The number of aliphatic hydroxyl groups excluding tert-OH is 1.